The minimum Gasteiger partial charge on any atom is -0.391 e. The molecule has 0 spiro atoms. The number of carbonyl (C=O) groups is 2. The first-order valence-electron chi connectivity index (χ1n) is 7.71. The van der Waals surface area contributed by atoms with Crippen LogP contribution in [-0.4, -0.2) is 59.0 Å². The van der Waals surface area contributed by atoms with Crippen LogP contribution in [0.25, 0.3) is 0 Å². The lowest BCUT2D eigenvalue weighted by atomic mass is 9.89. The lowest BCUT2D eigenvalue weighted by Gasteiger charge is -2.39. The maximum absolute atomic E-state index is 12.6. The molecule has 2 amide bonds. The van der Waals surface area contributed by atoms with E-state index >= 15 is 0 Å². The fraction of sp³-hybridized carbons (Fsp3) is 0.867. The number of carbonyl (C=O) groups excluding carboxylic acids is 2. The number of aliphatic hydroxyl groups excluding tert-OH is 1. The summed E-state index contributed by atoms with van der Waals surface area (Å²) in [4.78, 5) is 27.5. The van der Waals surface area contributed by atoms with Gasteiger partial charge < -0.3 is 14.9 Å². The fourth-order valence-electron chi connectivity index (χ4n) is 3.46. The van der Waals surface area contributed by atoms with Crippen LogP contribution in [0.3, 0.4) is 0 Å². The predicted octanol–water partition coefficient (Wildman–Crippen LogP) is 1.01. The van der Waals surface area contributed by atoms with Crippen LogP contribution in [0, 0.1) is 5.92 Å². The first kappa shape index (κ1) is 15.3. The molecule has 1 heterocycles. The molecule has 0 aromatic heterocycles. The number of likely N-dealkylation sites (N-methyl/N-ethyl adjacent to an activating group) is 1. The van der Waals surface area contributed by atoms with E-state index in [9.17, 15) is 14.7 Å². The van der Waals surface area contributed by atoms with Crippen molar-refractivity contribution in [1.82, 2.24) is 9.80 Å². The van der Waals surface area contributed by atoms with Crippen LogP contribution < -0.4 is 0 Å². The van der Waals surface area contributed by atoms with Crippen molar-refractivity contribution in [1.29, 1.82) is 0 Å². The SMILES string of the molecule is CC(=O)N1CCCC(C(=O)N(C)C2CCCCC2O)C1. The van der Waals surface area contributed by atoms with Crippen molar-refractivity contribution in [3.05, 3.63) is 0 Å². The van der Waals surface area contributed by atoms with Crippen molar-refractivity contribution in [3.8, 4) is 0 Å². The molecule has 5 heteroatoms. The van der Waals surface area contributed by atoms with Crippen LogP contribution in [0.5, 0.6) is 0 Å². The van der Waals surface area contributed by atoms with Crippen LogP contribution >= 0.6 is 0 Å². The number of aliphatic hydroxyl groups is 1. The third-order valence-electron chi connectivity index (χ3n) is 4.75. The Bertz CT molecular complexity index is 372. The topological polar surface area (TPSA) is 60.9 Å². The number of amides is 2. The fourth-order valence-corrected chi connectivity index (χ4v) is 3.46. The van der Waals surface area contributed by atoms with Crippen molar-refractivity contribution in [3.63, 3.8) is 0 Å². The molecule has 0 bridgehead atoms. The van der Waals surface area contributed by atoms with Gasteiger partial charge in [0.25, 0.3) is 0 Å². The number of likely N-dealkylation sites (tertiary alicyclic amines) is 1. The number of piperidine rings is 1. The molecule has 5 nitrogen and oxygen atoms in total. The molecule has 1 aliphatic heterocycles. The van der Waals surface area contributed by atoms with Gasteiger partial charge in [0.15, 0.2) is 0 Å². The summed E-state index contributed by atoms with van der Waals surface area (Å²) < 4.78 is 0. The zero-order chi connectivity index (χ0) is 14.7. The highest BCUT2D eigenvalue weighted by molar-refractivity contribution is 5.81. The van der Waals surface area contributed by atoms with Gasteiger partial charge in [-0.3, -0.25) is 9.59 Å². The van der Waals surface area contributed by atoms with E-state index in [0.29, 0.717) is 6.54 Å². The van der Waals surface area contributed by atoms with Gasteiger partial charge in [-0.2, -0.15) is 0 Å². The number of hydrogen-bond acceptors (Lipinski definition) is 3. The van der Waals surface area contributed by atoms with E-state index in [0.717, 1.165) is 45.1 Å². The summed E-state index contributed by atoms with van der Waals surface area (Å²) in [5, 5.41) is 10.1. The van der Waals surface area contributed by atoms with Crippen molar-refractivity contribution in [2.45, 2.75) is 57.6 Å². The third-order valence-corrected chi connectivity index (χ3v) is 4.75. The summed E-state index contributed by atoms with van der Waals surface area (Å²) in [6, 6.07) is -0.0519. The van der Waals surface area contributed by atoms with Gasteiger partial charge >= 0.3 is 0 Å². The summed E-state index contributed by atoms with van der Waals surface area (Å²) in [5.74, 6) is 0.0246. The van der Waals surface area contributed by atoms with Crippen LogP contribution in [0.4, 0.5) is 0 Å². The summed E-state index contributed by atoms with van der Waals surface area (Å²) in [5.41, 5.74) is 0. The zero-order valence-corrected chi connectivity index (χ0v) is 12.5. The highest BCUT2D eigenvalue weighted by Crippen LogP contribution is 2.25. The van der Waals surface area contributed by atoms with Gasteiger partial charge in [0.05, 0.1) is 18.1 Å². The Morgan fingerprint density at radius 1 is 1.15 bits per heavy atom. The number of nitrogens with zero attached hydrogens (tertiary/aromatic N) is 2. The average Bonchev–Trinajstić information content (AvgIpc) is 2.46. The van der Waals surface area contributed by atoms with E-state index in [1.54, 1.807) is 23.8 Å². The summed E-state index contributed by atoms with van der Waals surface area (Å²) >= 11 is 0. The molecule has 1 N–H and O–H groups in total. The Morgan fingerprint density at radius 2 is 1.85 bits per heavy atom. The van der Waals surface area contributed by atoms with Crippen LogP contribution in [0.15, 0.2) is 0 Å². The second kappa shape index (κ2) is 6.57. The van der Waals surface area contributed by atoms with Crippen molar-refractivity contribution >= 4 is 11.8 Å². The monoisotopic (exact) mass is 282 g/mol. The van der Waals surface area contributed by atoms with E-state index in [4.69, 9.17) is 0 Å². The quantitative estimate of drug-likeness (QED) is 0.822. The van der Waals surface area contributed by atoms with Crippen LogP contribution in [-0.2, 0) is 9.59 Å². The summed E-state index contributed by atoms with van der Waals surface area (Å²) in [6.45, 7) is 2.84. The molecule has 1 saturated carbocycles. The lowest BCUT2D eigenvalue weighted by Crippen LogP contribution is -2.51. The Hall–Kier alpha value is -1.10. The predicted molar refractivity (Wildman–Crippen MR) is 76.0 cm³/mol. The Balaban J connectivity index is 1.97. The largest absolute Gasteiger partial charge is 0.391 e. The van der Waals surface area contributed by atoms with Crippen molar-refractivity contribution in [2.75, 3.05) is 20.1 Å². The maximum atomic E-state index is 12.6. The van der Waals surface area contributed by atoms with E-state index in [1.165, 1.54) is 0 Å². The van der Waals surface area contributed by atoms with Crippen molar-refractivity contribution < 1.29 is 14.7 Å². The van der Waals surface area contributed by atoms with Gasteiger partial charge in [0, 0.05) is 27.1 Å². The van der Waals surface area contributed by atoms with Gasteiger partial charge in [-0.05, 0) is 25.7 Å². The van der Waals surface area contributed by atoms with Gasteiger partial charge in [0.1, 0.15) is 0 Å². The normalized spacial score (nSPS) is 30.9. The zero-order valence-electron chi connectivity index (χ0n) is 12.5. The van der Waals surface area contributed by atoms with Crippen LogP contribution in [0.2, 0.25) is 0 Å². The summed E-state index contributed by atoms with van der Waals surface area (Å²) in [6.07, 6.45) is 5.11. The maximum Gasteiger partial charge on any atom is 0.227 e. The molecule has 2 fully saturated rings. The van der Waals surface area contributed by atoms with E-state index in [2.05, 4.69) is 0 Å². The lowest BCUT2D eigenvalue weighted by molar-refractivity contribution is -0.143. The van der Waals surface area contributed by atoms with E-state index < -0.39 is 6.10 Å². The minimum absolute atomic E-state index is 0.0443. The second-order valence-electron chi connectivity index (χ2n) is 6.17. The molecule has 1 aliphatic carbocycles. The molecule has 114 valence electrons. The minimum atomic E-state index is -0.398. The Morgan fingerprint density at radius 3 is 2.50 bits per heavy atom. The first-order valence-corrected chi connectivity index (χ1v) is 7.71. The molecule has 2 rings (SSSR count). The molecule has 0 radical (unpaired) electrons. The molecule has 0 aromatic rings. The number of hydrogen-bond donors (Lipinski definition) is 1. The van der Waals surface area contributed by atoms with Crippen LogP contribution in [0.1, 0.15) is 45.4 Å². The smallest absolute Gasteiger partial charge is 0.227 e. The van der Waals surface area contributed by atoms with Crippen molar-refractivity contribution in [2.24, 2.45) is 5.92 Å². The van der Waals surface area contributed by atoms with Gasteiger partial charge in [-0.25, -0.2) is 0 Å². The molecular weight excluding hydrogens is 256 g/mol. The van der Waals surface area contributed by atoms with Gasteiger partial charge in [-0.1, -0.05) is 12.8 Å². The molecule has 3 unspecified atom stereocenters. The molecular formula is C15H26N2O3. The molecule has 1 saturated heterocycles. The first-order chi connectivity index (χ1) is 9.50. The Kier molecular flexibility index (Phi) is 5.02. The average molecular weight is 282 g/mol. The van der Waals surface area contributed by atoms with E-state index in [-0.39, 0.29) is 23.8 Å². The summed E-state index contributed by atoms with van der Waals surface area (Å²) in [7, 11) is 1.80. The Labute approximate surface area is 120 Å². The van der Waals surface area contributed by atoms with E-state index in [1.807, 2.05) is 0 Å². The number of rotatable bonds is 2. The standard InChI is InChI=1S/C15H26N2O3/c1-11(18)17-9-5-6-12(10-17)15(20)16(2)13-7-3-4-8-14(13)19/h12-14,19H,3-10H2,1-2H3. The highest BCUT2D eigenvalue weighted by atomic mass is 16.3. The van der Waals surface area contributed by atoms with Gasteiger partial charge in [0.2, 0.25) is 11.8 Å². The highest BCUT2D eigenvalue weighted by Gasteiger charge is 2.34. The molecule has 2 aliphatic rings. The molecule has 3 atom stereocenters. The molecule has 0 aromatic carbocycles. The second-order valence-corrected chi connectivity index (χ2v) is 6.17. The van der Waals surface area contributed by atoms with Gasteiger partial charge in [-0.15, -0.1) is 0 Å². The molecule has 20 heavy (non-hydrogen) atoms. The third kappa shape index (κ3) is 3.32.